The Morgan fingerprint density at radius 2 is 1.89 bits per heavy atom. The molecule has 0 unspecified atom stereocenters. The molecule has 0 amide bonds. The molecule has 0 radical (unpaired) electrons. The predicted octanol–water partition coefficient (Wildman–Crippen LogP) is 4.59. The largest absolute Gasteiger partial charge is 0.439 e. The Morgan fingerprint density at radius 3 is 2.61 bits per heavy atom. The number of aromatic nitrogens is 3. The van der Waals surface area contributed by atoms with E-state index in [1.165, 1.54) is 23.0 Å². The van der Waals surface area contributed by atoms with E-state index in [2.05, 4.69) is 14.8 Å². The summed E-state index contributed by atoms with van der Waals surface area (Å²) < 4.78 is 46.9. The van der Waals surface area contributed by atoms with Crippen molar-refractivity contribution in [2.45, 2.75) is 20.3 Å². The van der Waals surface area contributed by atoms with Gasteiger partial charge in [0.05, 0.1) is 35.6 Å². The number of rotatable bonds is 7. The normalized spacial score (nSPS) is 12.7. The maximum atomic E-state index is 14.4. The van der Waals surface area contributed by atoms with Crippen molar-refractivity contribution in [3.05, 3.63) is 94.1 Å². The minimum atomic E-state index is -3.66. The molecular weight excluding hydrogens is 509 g/mol. The molecule has 0 saturated heterocycles. The van der Waals surface area contributed by atoms with Crippen LogP contribution in [-0.4, -0.2) is 35.2 Å². The fourth-order valence-corrected chi connectivity index (χ4v) is 4.82. The number of ether oxygens (including phenoxy) is 1. The number of carbonyl (C=O) groups is 1. The van der Waals surface area contributed by atoms with Crippen molar-refractivity contribution < 1.29 is 22.3 Å². The summed E-state index contributed by atoms with van der Waals surface area (Å²) in [5.74, 6) is 0.168. The lowest BCUT2D eigenvalue weighted by atomic mass is 10.0. The number of hydrogen-bond acceptors (Lipinski definition) is 7. The zero-order chi connectivity index (χ0) is 27.2. The number of nitrogens with one attached hydrogen (secondary N) is 1. The second kappa shape index (κ2) is 9.42. The maximum Gasteiger partial charge on any atom is 0.229 e. The van der Waals surface area contributed by atoms with Crippen LogP contribution in [0.3, 0.4) is 0 Å². The van der Waals surface area contributed by atoms with E-state index < -0.39 is 15.8 Å². The van der Waals surface area contributed by atoms with Crippen LogP contribution >= 0.6 is 0 Å². The average molecular weight is 534 g/mol. The Bertz CT molecular complexity index is 1740. The smallest absolute Gasteiger partial charge is 0.229 e. The van der Waals surface area contributed by atoms with E-state index in [1.807, 2.05) is 38.1 Å². The third-order valence-electron chi connectivity index (χ3n) is 6.17. The molecule has 4 aromatic rings. The number of para-hydroxylation sites is 1. The summed E-state index contributed by atoms with van der Waals surface area (Å²) in [6.45, 7) is 3.80. The summed E-state index contributed by atoms with van der Waals surface area (Å²) >= 11 is 0. The number of aryl methyl sites for hydroxylation is 2. The van der Waals surface area contributed by atoms with Crippen molar-refractivity contribution in [1.29, 1.82) is 0 Å². The van der Waals surface area contributed by atoms with Crippen LogP contribution < -0.4 is 15.2 Å². The first-order valence-corrected chi connectivity index (χ1v) is 13.5. The van der Waals surface area contributed by atoms with Gasteiger partial charge in [0.15, 0.2) is 5.78 Å². The van der Waals surface area contributed by atoms with E-state index >= 15 is 0 Å². The first kappa shape index (κ1) is 25.2. The highest BCUT2D eigenvalue weighted by atomic mass is 32.2. The van der Waals surface area contributed by atoms with Gasteiger partial charge in [0, 0.05) is 18.1 Å². The molecule has 0 aliphatic heterocycles. The second-order valence-electron chi connectivity index (χ2n) is 9.11. The summed E-state index contributed by atoms with van der Waals surface area (Å²) in [5, 5.41) is 4.31. The first-order chi connectivity index (χ1) is 18.0. The van der Waals surface area contributed by atoms with Crippen molar-refractivity contribution >= 4 is 33.4 Å². The van der Waals surface area contributed by atoms with Gasteiger partial charge < -0.3 is 10.5 Å². The molecule has 5 rings (SSSR count). The molecule has 0 spiro atoms. The number of fused-ring (bicyclic) bond motifs is 1. The zero-order valence-electron chi connectivity index (χ0n) is 20.8. The van der Waals surface area contributed by atoms with Gasteiger partial charge in [-0.15, -0.1) is 0 Å². The Morgan fingerprint density at radius 1 is 1.13 bits per heavy atom. The Hall–Kier alpha value is -4.51. The van der Waals surface area contributed by atoms with Gasteiger partial charge in [-0.05, 0) is 60.4 Å². The van der Waals surface area contributed by atoms with E-state index in [1.54, 1.807) is 18.3 Å². The fraction of sp³-hybridized carbons (Fsp3) is 0.148. The summed E-state index contributed by atoms with van der Waals surface area (Å²) in [5.41, 5.74) is 10.2. The van der Waals surface area contributed by atoms with Gasteiger partial charge in [-0.1, -0.05) is 18.2 Å². The van der Waals surface area contributed by atoms with Crippen LogP contribution in [0.25, 0.3) is 11.8 Å². The molecule has 2 aromatic carbocycles. The highest BCUT2D eigenvalue weighted by Crippen LogP contribution is 2.33. The van der Waals surface area contributed by atoms with Gasteiger partial charge in [0.25, 0.3) is 0 Å². The second-order valence-corrected chi connectivity index (χ2v) is 10.9. The number of allylic oxidation sites excluding steroid dienone is 1. The number of carbonyl (C=O) groups excluding carboxylic acids is 1. The van der Waals surface area contributed by atoms with Crippen LogP contribution in [0.2, 0.25) is 0 Å². The number of benzene rings is 2. The van der Waals surface area contributed by atoms with Gasteiger partial charge in [0.1, 0.15) is 17.4 Å². The van der Waals surface area contributed by atoms with Crippen LogP contribution in [-0.2, 0) is 16.4 Å². The minimum absolute atomic E-state index is 0.134. The molecule has 0 fully saturated rings. The number of sulfonamides is 1. The van der Waals surface area contributed by atoms with E-state index in [0.717, 1.165) is 17.4 Å². The third kappa shape index (κ3) is 4.88. The average Bonchev–Trinajstić information content (AvgIpc) is 3.43. The van der Waals surface area contributed by atoms with E-state index in [-0.39, 0.29) is 29.3 Å². The number of pyridine rings is 1. The summed E-state index contributed by atoms with van der Waals surface area (Å²) in [7, 11) is -3.66. The number of nitrogens with two attached hydrogens (primary N) is 1. The molecule has 38 heavy (non-hydrogen) atoms. The minimum Gasteiger partial charge on any atom is -0.439 e. The van der Waals surface area contributed by atoms with Crippen LogP contribution in [0.1, 0.15) is 32.6 Å². The number of nitrogen functional groups attached to an aromatic ring is 1. The lowest BCUT2D eigenvalue weighted by Gasteiger charge is -2.11. The molecule has 0 saturated carbocycles. The quantitative estimate of drug-likeness (QED) is 0.332. The van der Waals surface area contributed by atoms with Crippen molar-refractivity contribution in [2.75, 3.05) is 16.7 Å². The third-order valence-corrected chi connectivity index (χ3v) is 6.76. The summed E-state index contributed by atoms with van der Waals surface area (Å²) in [4.78, 5) is 17.7. The van der Waals surface area contributed by atoms with Gasteiger partial charge in [-0.25, -0.2) is 22.5 Å². The van der Waals surface area contributed by atoms with Crippen molar-refractivity contribution in [2.24, 2.45) is 0 Å². The molecule has 3 N–H and O–H groups in total. The topological polar surface area (TPSA) is 129 Å². The number of anilines is 2. The molecule has 11 heteroatoms. The van der Waals surface area contributed by atoms with Gasteiger partial charge in [-0.3, -0.25) is 9.52 Å². The molecule has 0 atom stereocenters. The van der Waals surface area contributed by atoms with Gasteiger partial charge in [0.2, 0.25) is 15.9 Å². The Kier molecular flexibility index (Phi) is 6.23. The lowest BCUT2D eigenvalue weighted by molar-refractivity contribution is 0.103. The predicted molar refractivity (Wildman–Crippen MR) is 143 cm³/mol. The maximum absolute atomic E-state index is 14.4. The molecule has 9 nitrogen and oxygen atoms in total. The fourth-order valence-electron chi connectivity index (χ4n) is 4.27. The number of halogens is 1. The van der Waals surface area contributed by atoms with Gasteiger partial charge in [-0.2, -0.15) is 5.10 Å². The zero-order valence-corrected chi connectivity index (χ0v) is 21.6. The standard InChI is InChI=1S/C27H24FN5O4S/c1-15-6-4-5-7-24(15)37-25-8-16(2)23(14-30-25)33-27(29)20(13-31-33)26(34)19-9-17-11-21(28)22(12-18(17)10-19)32-38(3,35)36/h4-8,10-14,32H,9,29H2,1-3H3. The van der Waals surface area contributed by atoms with Crippen LogP contribution in [0.15, 0.2) is 60.4 Å². The van der Waals surface area contributed by atoms with Crippen LogP contribution in [0.5, 0.6) is 11.6 Å². The van der Waals surface area contributed by atoms with Crippen LogP contribution in [0.4, 0.5) is 15.9 Å². The molecule has 2 heterocycles. The molecule has 194 valence electrons. The Labute approximate surface area is 218 Å². The number of Topliss-reactive ketones (excluding diaryl/α,β-unsaturated/α-hetero) is 1. The molecular formula is C27H24FN5O4S. The lowest BCUT2D eigenvalue weighted by Crippen LogP contribution is -2.11. The monoisotopic (exact) mass is 533 g/mol. The summed E-state index contributed by atoms with van der Waals surface area (Å²) in [6, 6.07) is 12.0. The van der Waals surface area contributed by atoms with E-state index in [0.29, 0.717) is 34.0 Å². The van der Waals surface area contributed by atoms with Crippen molar-refractivity contribution in [3.8, 4) is 17.3 Å². The Balaban J connectivity index is 1.39. The van der Waals surface area contributed by atoms with E-state index in [4.69, 9.17) is 10.5 Å². The summed E-state index contributed by atoms with van der Waals surface area (Å²) in [6.07, 6.45) is 5.68. The first-order valence-electron chi connectivity index (χ1n) is 11.6. The highest BCUT2D eigenvalue weighted by Gasteiger charge is 2.26. The number of nitrogens with zero attached hydrogens (tertiary/aromatic N) is 3. The number of ketones is 1. The SMILES string of the molecule is Cc1ccccc1Oc1cc(C)c(-n2ncc(C(=O)C3=Cc4cc(NS(C)(=O)=O)c(F)cc4C3)c2N)cn1. The van der Waals surface area contributed by atoms with Crippen molar-refractivity contribution in [3.63, 3.8) is 0 Å². The highest BCUT2D eigenvalue weighted by molar-refractivity contribution is 7.92. The molecule has 0 bridgehead atoms. The van der Waals surface area contributed by atoms with Crippen molar-refractivity contribution in [1.82, 2.24) is 14.8 Å². The van der Waals surface area contributed by atoms with Crippen LogP contribution in [0, 0.1) is 19.7 Å². The van der Waals surface area contributed by atoms with E-state index in [9.17, 15) is 17.6 Å². The molecule has 1 aliphatic carbocycles. The van der Waals surface area contributed by atoms with Gasteiger partial charge >= 0.3 is 0 Å². The molecule has 2 aromatic heterocycles. The molecule has 1 aliphatic rings. The number of hydrogen-bond donors (Lipinski definition) is 2.